The normalized spacial score (nSPS) is 10.7. The molecule has 0 fully saturated rings. The van der Waals surface area contributed by atoms with Gasteiger partial charge < -0.3 is 14.8 Å². The third-order valence-corrected chi connectivity index (χ3v) is 4.38. The van der Waals surface area contributed by atoms with E-state index in [2.05, 4.69) is 27.6 Å². The maximum atomic E-state index is 5.41. The van der Waals surface area contributed by atoms with E-state index in [0.717, 1.165) is 44.6 Å². The van der Waals surface area contributed by atoms with Crippen LogP contribution in [0.15, 0.2) is 23.6 Å². The molecule has 0 aliphatic heterocycles. The van der Waals surface area contributed by atoms with Crippen LogP contribution in [0.2, 0.25) is 0 Å². The highest BCUT2D eigenvalue weighted by Crippen LogP contribution is 2.35. The van der Waals surface area contributed by atoms with E-state index in [1.54, 1.807) is 25.6 Å². The van der Waals surface area contributed by atoms with Crippen molar-refractivity contribution in [2.75, 3.05) is 19.5 Å². The van der Waals surface area contributed by atoms with Gasteiger partial charge in [-0.15, -0.1) is 11.3 Å². The first-order chi connectivity index (χ1) is 10.6. The third-order valence-electron chi connectivity index (χ3n) is 3.39. The maximum absolute atomic E-state index is 5.41. The van der Waals surface area contributed by atoms with Crippen LogP contribution < -0.4 is 14.8 Å². The Morgan fingerprint density at radius 2 is 1.91 bits per heavy atom. The first-order valence-corrected chi connectivity index (χ1v) is 7.72. The average molecular weight is 315 g/mol. The first-order valence-electron chi connectivity index (χ1n) is 6.84. The maximum Gasteiger partial charge on any atom is 0.143 e. The van der Waals surface area contributed by atoms with Crippen LogP contribution in [0.25, 0.3) is 10.2 Å². The second-order valence-corrected chi connectivity index (χ2v) is 5.77. The molecule has 5 nitrogen and oxygen atoms in total. The number of thiophene rings is 1. The number of anilines is 2. The lowest BCUT2D eigenvalue weighted by atomic mass is 10.2. The molecule has 0 bridgehead atoms. The lowest BCUT2D eigenvalue weighted by Crippen LogP contribution is -2.00. The largest absolute Gasteiger partial charge is 0.497 e. The number of hydrogen-bond acceptors (Lipinski definition) is 6. The molecule has 0 saturated carbocycles. The molecule has 0 atom stereocenters. The molecule has 3 rings (SSSR count). The minimum atomic E-state index is 0.734. The molecule has 1 N–H and O–H groups in total. The summed E-state index contributed by atoms with van der Waals surface area (Å²) in [6.45, 7) is 3.95. The molecule has 22 heavy (non-hydrogen) atoms. The number of rotatable bonds is 4. The predicted molar refractivity (Wildman–Crippen MR) is 89.7 cm³/mol. The zero-order chi connectivity index (χ0) is 15.7. The molecule has 6 heteroatoms. The Morgan fingerprint density at radius 3 is 2.64 bits per heavy atom. The van der Waals surface area contributed by atoms with Gasteiger partial charge in [0.2, 0.25) is 0 Å². The van der Waals surface area contributed by atoms with Gasteiger partial charge in [-0.05, 0) is 36.9 Å². The van der Waals surface area contributed by atoms with Gasteiger partial charge in [-0.2, -0.15) is 0 Å². The number of aryl methyl sites for hydroxylation is 2. The molecule has 3 aromatic rings. The fraction of sp³-hybridized carbons (Fsp3) is 0.250. The van der Waals surface area contributed by atoms with E-state index in [9.17, 15) is 0 Å². The van der Waals surface area contributed by atoms with Gasteiger partial charge >= 0.3 is 0 Å². The molecular weight excluding hydrogens is 298 g/mol. The van der Waals surface area contributed by atoms with Gasteiger partial charge in [-0.3, -0.25) is 0 Å². The van der Waals surface area contributed by atoms with Crippen molar-refractivity contribution in [3.63, 3.8) is 0 Å². The molecular formula is C16H17N3O2S. The molecule has 0 amide bonds. The monoisotopic (exact) mass is 315 g/mol. The summed E-state index contributed by atoms with van der Waals surface area (Å²) >= 11 is 1.62. The molecule has 2 heterocycles. The quantitative estimate of drug-likeness (QED) is 0.786. The minimum absolute atomic E-state index is 0.734. The summed E-state index contributed by atoms with van der Waals surface area (Å²) in [6.07, 6.45) is 0. The van der Waals surface area contributed by atoms with Gasteiger partial charge in [-0.1, -0.05) is 0 Å². The Balaban J connectivity index is 2.12. The van der Waals surface area contributed by atoms with E-state index in [-0.39, 0.29) is 0 Å². The van der Waals surface area contributed by atoms with Crippen molar-refractivity contribution >= 4 is 33.1 Å². The van der Waals surface area contributed by atoms with Crippen molar-refractivity contribution in [3.8, 4) is 11.5 Å². The summed E-state index contributed by atoms with van der Waals surface area (Å²) in [5.74, 6) is 3.01. The highest BCUT2D eigenvalue weighted by molar-refractivity contribution is 7.17. The molecule has 0 spiro atoms. The molecule has 0 radical (unpaired) electrons. The SMILES string of the molecule is COc1ccc(OC)c(Nc2nc(C)nc3scc(C)c23)c1. The van der Waals surface area contributed by atoms with Gasteiger partial charge in [0.25, 0.3) is 0 Å². The van der Waals surface area contributed by atoms with Crippen LogP contribution in [0.5, 0.6) is 11.5 Å². The molecule has 0 unspecified atom stereocenters. The van der Waals surface area contributed by atoms with Gasteiger partial charge in [-0.25, -0.2) is 9.97 Å². The summed E-state index contributed by atoms with van der Waals surface area (Å²) in [7, 11) is 3.28. The predicted octanol–water partition coefficient (Wildman–Crippen LogP) is 4.07. The summed E-state index contributed by atoms with van der Waals surface area (Å²) < 4.78 is 10.7. The zero-order valence-corrected chi connectivity index (χ0v) is 13.7. The van der Waals surface area contributed by atoms with E-state index in [1.165, 1.54) is 0 Å². The van der Waals surface area contributed by atoms with E-state index in [4.69, 9.17) is 9.47 Å². The van der Waals surface area contributed by atoms with E-state index >= 15 is 0 Å². The second-order valence-electron chi connectivity index (χ2n) is 4.91. The smallest absolute Gasteiger partial charge is 0.143 e. The first kappa shape index (κ1) is 14.6. The highest BCUT2D eigenvalue weighted by Gasteiger charge is 2.13. The number of benzene rings is 1. The summed E-state index contributed by atoms with van der Waals surface area (Å²) in [5.41, 5.74) is 1.97. The van der Waals surface area contributed by atoms with E-state index < -0.39 is 0 Å². The van der Waals surface area contributed by atoms with Gasteiger partial charge in [0.1, 0.15) is 28.0 Å². The van der Waals surface area contributed by atoms with Gasteiger partial charge in [0.05, 0.1) is 25.3 Å². The minimum Gasteiger partial charge on any atom is -0.497 e. The number of methoxy groups -OCH3 is 2. The van der Waals surface area contributed by atoms with Crippen LogP contribution in [0, 0.1) is 13.8 Å². The Hall–Kier alpha value is -2.34. The molecule has 1 aromatic carbocycles. The average Bonchev–Trinajstić information content (AvgIpc) is 2.88. The van der Waals surface area contributed by atoms with Gasteiger partial charge in [0, 0.05) is 6.07 Å². The lowest BCUT2D eigenvalue weighted by molar-refractivity contribution is 0.405. The van der Waals surface area contributed by atoms with Crippen LogP contribution in [0.1, 0.15) is 11.4 Å². The molecule has 114 valence electrons. The van der Waals surface area contributed by atoms with Crippen molar-refractivity contribution in [1.82, 2.24) is 9.97 Å². The van der Waals surface area contributed by atoms with Crippen molar-refractivity contribution < 1.29 is 9.47 Å². The van der Waals surface area contributed by atoms with Crippen molar-refractivity contribution in [3.05, 3.63) is 35.0 Å². The number of aromatic nitrogens is 2. The second kappa shape index (κ2) is 5.81. The number of nitrogens with zero attached hydrogens (tertiary/aromatic N) is 2. The lowest BCUT2D eigenvalue weighted by Gasteiger charge is -2.13. The van der Waals surface area contributed by atoms with Crippen molar-refractivity contribution in [1.29, 1.82) is 0 Å². The van der Waals surface area contributed by atoms with Crippen LogP contribution in [0.3, 0.4) is 0 Å². The number of hydrogen-bond donors (Lipinski definition) is 1. The number of nitrogens with one attached hydrogen (secondary N) is 1. The fourth-order valence-corrected chi connectivity index (χ4v) is 3.29. The van der Waals surface area contributed by atoms with Crippen LogP contribution >= 0.6 is 11.3 Å². The summed E-state index contributed by atoms with van der Waals surface area (Å²) in [4.78, 5) is 10.0. The van der Waals surface area contributed by atoms with E-state index in [1.807, 2.05) is 25.1 Å². The van der Waals surface area contributed by atoms with Crippen molar-refractivity contribution in [2.24, 2.45) is 0 Å². The zero-order valence-electron chi connectivity index (χ0n) is 12.9. The third kappa shape index (κ3) is 2.57. The summed E-state index contributed by atoms with van der Waals surface area (Å²) in [5, 5.41) is 6.49. The Bertz CT molecular complexity index is 830. The number of ether oxygens (including phenoxy) is 2. The standard InChI is InChI=1S/C16H17N3O2S/c1-9-8-22-16-14(9)15(17-10(2)18-16)19-12-7-11(20-3)5-6-13(12)21-4/h5-8H,1-4H3,(H,17,18,19). The molecule has 0 saturated heterocycles. The summed E-state index contributed by atoms with van der Waals surface area (Å²) in [6, 6.07) is 5.62. The van der Waals surface area contributed by atoms with Crippen molar-refractivity contribution in [2.45, 2.75) is 13.8 Å². The molecule has 2 aromatic heterocycles. The Morgan fingerprint density at radius 1 is 1.09 bits per heavy atom. The molecule has 0 aliphatic carbocycles. The van der Waals surface area contributed by atoms with Crippen LogP contribution in [-0.4, -0.2) is 24.2 Å². The number of fused-ring (bicyclic) bond motifs is 1. The van der Waals surface area contributed by atoms with Gasteiger partial charge in [0.15, 0.2) is 0 Å². The topological polar surface area (TPSA) is 56.3 Å². The van der Waals surface area contributed by atoms with Crippen LogP contribution in [-0.2, 0) is 0 Å². The Kier molecular flexibility index (Phi) is 3.85. The van der Waals surface area contributed by atoms with Crippen LogP contribution in [0.4, 0.5) is 11.5 Å². The van der Waals surface area contributed by atoms with E-state index in [0.29, 0.717) is 0 Å². The Labute approximate surface area is 132 Å². The highest BCUT2D eigenvalue weighted by atomic mass is 32.1. The fourth-order valence-electron chi connectivity index (χ4n) is 2.32. The molecule has 0 aliphatic rings.